The number of aliphatic hydroxyl groups excluding tert-OH is 1. The molecule has 0 saturated carbocycles. The zero-order valence-corrected chi connectivity index (χ0v) is 11.5. The SMILES string of the molecule is OC(CNCc1ccncc1)c1ccc2c(c1)CCC2. The molecule has 2 N–H and O–H groups in total. The van der Waals surface area contributed by atoms with Crippen LogP contribution in [0.4, 0.5) is 0 Å². The fourth-order valence-electron chi connectivity index (χ4n) is 2.77. The maximum absolute atomic E-state index is 10.3. The van der Waals surface area contributed by atoms with Gasteiger partial charge in [-0.05, 0) is 53.6 Å². The van der Waals surface area contributed by atoms with Gasteiger partial charge < -0.3 is 10.4 Å². The first-order valence-corrected chi connectivity index (χ1v) is 7.22. The molecule has 20 heavy (non-hydrogen) atoms. The van der Waals surface area contributed by atoms with Crippen molar-refractivity contribution in [1.29, 1.82) is 0 Å². The molecule has 104 valence electrons. The largest absolute Gasteiger partial charge is 0.387 e. The fraction of sp³-hybridized carbons (Fsp3) is 0.353. The Balaban J connectivity index is 1.55. The Morgan fingerprint density at radius 2 is 1.90 bits per heavy atom. The van der Waals surface area contributed by atoms with Crippen LogP contribution in [0.25, 0.3) is 0 Å². The van der Waals surface area contributed by atoms with E-state index in [0.717, 1.165) is 18.5 Å². The number of fused-ring (bicyclic) bond motifs is 1. The summed E-state index contributed by atoms with van der Waals surface area (Å²) in [5, 5.41) is 13.5. The summed E-state index contributed by atoms with van der Waals surface area (Å²) in [6, 6.07) is 10.4. The maximum atomic E-state index is 10.3. The van der Waals surface area contributed by atoms with Crippen LogP contribution >= 0.6 is 0 Å². The van der Waals surface area contributed by atoms with Crippen molar-refractivity contribution in [2.24, 2.45) is 0 Å². The molecule has 1 heterocycles. The summed E-state index contributed by atoms with van der Waals surface area (Å²) in [4.78, 5) is 3.99. The predicted molar refractivity (Wildman–Crippen MR) is 79.4 cm³/mol. The van der Waals surface area contributed by atoms with Crippen LogP contribution in [0.3, 0.4) is 0 Å². The van der Waals surface area contributed by atoms with Crippen LogP contribution in [0.5, 0.6) is 0 Å². The maximum Gasteiger partial charge on any atom is 0.0914 e. The number of nitrogens with zero attached hydrogens (tertiary/aromatic N) is 1. The molecule has 3 nitrogen and oxygen atoms in total. The van der Waals surface area contributed by atoms with Crippen molar-refractivity contribution < 1.29 is 5.11 Å². The minimum atomic E-state index is -0.442. The molecule has 0 radical (unpaired) electrons. The van der Waals surface area contributed by atoms with Crippen molar-refractivity contribution in [2.45, 2.75) is 31.9 Å². The van der Waals surface area contributed by atoms with Crippen LogP contribution in [0.2, 0.25) is 0 Å². The van der Waals surface area contributed by atoms with Gasteiger partial charge in [0.25, 0.3) is 0 Å². The van der Waals surface area contributed by atoms with Crippen molar-refractivity contribution in [2.75, 3.05) is 6.54 Å². The van der Waals surface area contributed by atoms with Gasteiger partial charge in [0.1, 0.15) is 0 Å². The summed E-state index contributed by atoms with van der Waals surface area (Å²) >= 11 is 0. The summed E-state index contributed by atoms with van der Waals surface area (Å²) in [6.45, 7) is 1.33. The molecule has 0 saturated heterocycles. The Bertz CT molecular complexity index is 568. The number of benzene rings is 1. The van der Waals surface area contributed by atoms with Crippen LogP contribution in [0, 0.1) is 0 Å². The molecular weight excluding hydrogens is 248 g/mol. The lowest BCUT2D eigenvalue weighted by atomic mass is 10.0. The van der Waals surface area contributed by atoms with Crippen molar-refractivity contribution in [3.63, 3.8) is 0 Å². The van der Waals surface area contributed by atoms with Crippen LogP contribution in [-0.2, 0) is 19.4 Å². The monoisotopic (exact) mass is 268 g/mol. The highest BCUT2D eigenvalue weighted by Crippen LogP contribution is 2.25. The molecule has 3 rings (SSSR count). The average Bonchev–Trinajstić information content (AvgIpc) is 2.95. The lowest BCUT2D eigenvalue weighted by Gasteiger charge is -2.13. The lowest BCUT2D eigenvalue weighted by Crippen LogP contribution is -2.21. The Hall–Kier alpha value is -1.71. The molecule has 0 fully saturated rings. The van der Waals surface area contributed by atoms with Gasteiger partial charge in [0, 0.05) is 25.5 Å². The van der Waals surface area contributed by atoms with E-state index in [9.17, 15) is 5.11 Å². The zero-order chi connectivity index (χ0) is 13.8. The molecule has 2 aromatic rings. The highest BCUT2D eigenvalue weighted by molar-refractivity contribution is 5.36. The predicted octanol–water partition coefficient (Wildman–Crippen LogP) is 2.39. The van der Waals surface area contributed by atoms with Gasteiger partial charge in [-0.1, -0.05) is 18.2 Å². The second-order valence-electron chi connectivity index (χ2n) is 5.38. The van der Waals surface area contributed by atoms with Crippen LogP contribution < -0.4 is 5.32 Å². The van der Waals surface area contributed by atoms with E-state index in [1.165, 1.54) is 29.5 Å². The van der Waals surface area contributed by atoms with Gasteiger partial charge in [0.15, 0.2) is 0 Å². The van der Waals surface area contributed by atoms with E-state index in [4.69, 9.17) is 0 Å². The lowest BCUT2D eigenvalue weighted by molar-refractivity contribution is 0.174. The minimum absolute atomic E-state index is 0.442. The summed E-state index contributed by atoms with van der Waals surface area (Å²) in [5.41, 5.74) is 5.07. The van der Waals surface area contributed by atoms with Gasteiger partial charge in [-0.2, -0.15) is 0 Å². The van der Waals surface area contributed by atoms with Gasteiger partial charge in [0.2, 0.25) is 0 Å². The first-order chi connectivity index (χ1) is 9.83. The van der Waals surface area contributed by atoms with Gasteiger partial charge in [-0.15, -0.1) is 0 Å². The van der Waals surface area contributed by atoms with Crippen LogP contribution in [-0.4, -0.2) is 16.6 Å². The van der Waals surface area contributed by atoms with Crippen molar-refractivity contribution in [1.82, 2.24) is 10.3 Å². The Morgan fingerprint density at radius 3 is 2.75 bits per heavy atom. The third-order valence-corrected chi connectivity index (χ3v) is 3.92. The highest BCUT2D eigenvalue weighted by Gasteiger charge is 2.14. The molecule has 1 aromatic heterocycles. The second kappa shape index (κ2) is 6.16. The minimum Gasteiger partial charge on any atom is -0.387 e. The number of hydrogen-bond donors (Lipinski definition) is 2. The van der Waals surface area contributed by atoms with E-state index in [-0.39, 0.29) is 0 Å². The molecule has 0 aliphatic heterocycles. The van der Waals surface area contributed by atoms with Gasteiger partial charge in [0.05, 0.1) is 6.10 Å². The Kier molecular flexibility index (Phi) is 4.09. The molecule has 1 aliphatic carbocycles. The third kappa shape index (κ3) is 3.06. The smallest absolute Gasteiger partial charge is 0.0914 e. The molecule has 0 amide bonds. The Labute approximate surface area is 119 Å². The van der Waals surface area contributed by atoms with Crippen molar-refractivity contribution >= 4 is 0 Å². The first-order valence-electron chi connectivity index (χ1n) is 7.22. The van der Waals surface area contributed by atoms with Gasteiger partial charge >= 0.3 is 0 Å². The second-order valence-corrected chi connectivity index (χ2v) is 5.38. The van der Waals surface area contributed by atoms with E-state index in [2.05, 4.69) is 28.5 Å². The number of hydrogen-bond acceptors (Lipinski definition) is 3. The first kappa shape index (κ1) is 13.3. The molecule has 0 spiro atoms. The number of aryl methyl sites for hydroxylation is 2. The van der Waals surface area contributed by atoms with E-state index >= 15 is 0 Å². The summed E-state index contributed by atoms with van der Waals surface area (Å²) in [7, 11) is 0. The number of nitrogens with one attached hydrogen (secondary N) is 1. The van der Waals surface area contributed by atoms with E-state index in [0.29, 0.717) is 6.54 Å². The summed E-state index contributed by atoms with van der Waals surface area (Å²) in [6.07, 6.45) is 6.71. The van der Waals surface area contributed by atoms with Gasteiger partial charge in [-0.25, -0.2) is 0 Å². The van der Waals surface area contributed by atoms with E-state index < -0.39 is 6.10 Å². The quantitative estimate of drug-likeness (QED) is 0.875. The van der Waals surface area contributed by atoms with Crippen molar-refractivity contribution in [3.8, 4) is 0 Å². The van der Waals surface area contributed by atoms with Crippen LogP contribution in [0.15, 0.2) is 42.7 Å². The molecular formula is C17H20N2O. The summed E-state index contributed by atoms with van der Waals surface area (Å²) < 4.78 is 0. The standard InChI is InChI=1S/C17H20N2O/c20-17(12-19-11-13-6-8-18-9-7-13)16-5-4-14-2-1-3-15(14)10-16/h4-10,17,19-20H,1-3,11-12H2. The molecule has 1 aromatic carbocycles. The summed E-state index contributed by atoms with van der Waals surface area (Å²) in [5.74, 6) is 0. The van der Waals surface area contributed by atoms with Crippen molar-refractivity contribution in [3.05, 3.63) is 65.0 Å². The average molecular weight is 268 g/mol. The zero-order valence-electron chi connectivity index (χ0n) is 11.5. The number of aromatic nitrogens is 1. The number of aliphatic hydroxyl groups is 1. The fourth-order valence-corrected chi connectivity index (χ4v) is 2.77. The topological polar surface area (TPSA) is 45.1 Å². The molecule has 1 aliphatic rings. The molecule has 3 heteroatoms. The van der Waals surface area contributed by atoms with E-state index in [1.54, 1.807) is 12.4 Å². The third-order valence-electron chi connectivity index (χ3n) is 3.92. The van der Waals surface area contributed by atoms with E-state index in [1.807, 2.05) is 12.1 Å². The number of pyridine rings is 1. The molecule has 1 atom stereocenters. The highest BCUT2D eigenvalue weighted by atomic mass is 16.3. The normalized spacial score (nSPS) is 15.1. The Morgan fingerprint density at radius 1 is 1.10 bits per heavy atom. The molecule has 1 unspecified atom stereocenters. The number of rotatable bonds is 5. The van der Waals surface area contributed by atoms with Gasteiger partial charge in [-0.3, -0.25) is 4.98 Å². The van der Waals surface area contributed by atoms with Crippen LogP contribution in [0.1, 0.15) is 34.8 Å². The molecule has 0 bridgehead atoms.